The van der Waals surface area contributed by atoms with Crippen molar-refractivity contribution in [3.63, 3.8) is 0 Å². The Bertz CT molecular complexity index is 385. The minimum atomic E-state index is -0.192. The van der Waals surface area contributed by atoms with Crippen molar-refractivity contribution in [3.8, 4) is 0 Å². The molecule has 2 heteroatoms. The van der Waals surface area contributed by atoms with Crippen LogP contribution in [0, 0.1) is 0 Å². The van der Waals surface area contributed by atoms with Crippen LogP contribution in [0.3, 0.4) is 0 Å². The van der Waals surface area contributed by atoms with Crippen molar-refractivity contribution in [3.05, 3.63) is 41.5 Å². The number of carbonyl (C=O) groups excluding carboxylic acids is 1. The third kappa shape index (κ3) is 4.30. The zero-order valence-electron chi connectivity index (χ0n) is 10.4. The van der Waals surface area contributed by atoms with Gasteiger partial charge in [0.2, 0.25) is 5.91 Å². The molecule has 0 atom stereocenters. The normalized spacial score (nSPS) is 12.4. The van der Waals surface area contributed by atoms with Crippen molar-refractivity contribution in [2.24, 2.45) is 0 Å². The van der Waals surface area contributed by atoms with Gasteiger partial charge in [-0.3, -0.25) is 4.79 Å². The summed E-state index contributed by atoms with van der Waals surface area (Å²) < 4.78 is 0. The summed E-state index contributed by atoms with van der Waals surface area (Å²) in [5, 5.41) is 2.93. The smallest absolute Gasteiger partial charge is 0.247 e. The molecule has 1 aromatic carbocycles. The summed E-state index contributed by atoms with van der Waals surface area (Å²) in [6, 6.07) is 9.84. The molecule has 0 bridgehead atoms. The van der Waals surface area contributed by atoms with Gasteiger partial charge in [0.05, 0.1) is 0 Å². The number of hydrogen-bond acceptors (Lipinski definition) is 1. The molecular weight excluding hydrogens is 198 g/mol. The van der Waals surface area contributed by atoms with Crippen LogP contribution in [0.25, 0.3) is 6.08 Å². The largest absolute Gasteiger partial charge is 0.348 e. The zero-order chi connectivity index (χ0) is 12.2. The Balaban J connectivity index is 2.75. The Kier molecular flexibility index (Phi) is 3.88. The van der Waals surface area contributed by atoms with E-state index in [2.05, 4.69) is 5.32 Å². The molecule has 0 saturated heterocycles. The molecule has 0 radical (unpaired) electrons. The van der Waals surface area contributed by atoms with Crippen LogP contribution < -0.4 is 5.32 Å². The minimum Gasteiger partial charge on any atom is -0.348 e. The van der Waals surface area contributed by atoms with E-state index < -0.39 is 0 Å². The first kappa shape index (κ1) is 12.5. The van der Waals surface area contributed by atoms with Crippen LogP contribution in [-0.2, 0) is 4.79 Å². The summed E-state index contributed by atoms with van der Waals surface area (Å²) in [5.41, 5.74) is 1.58. The molecule has 0 spiro atoms. The van der Waals surface area contributed by atoms with E-state index in [-0.39, 0.29) is 11.4 Å². The standard InChI is InChI=1S/C14H19NO/c1-11(13(16)15-14(2,3)4)10-12-8-6-5-7-9-12/h5-10H,1-4H3,(H,15,16)/b11-10+. The van der Waals surface area contributed by atoms with Gasteiger partial charge in [0.1, 0.15) is 0 Å². The van der Waals surface area contributed by atoms with Gasteiger partial charge in [-0.15, -0.1) is 0 Å². The second-order valence-electron chi connectivity index (χ2n) is 4.94. The van der Waals surface area contributed by atoms with Gasteiger partial charge >= 0.3 is 0 Å². The molecule has 16 heavy (non-hydrogen) atoms. The number of nitrogens with one attached hydrogen (secondary N) is 1. The Hall–Kier alpha value is -1.57. The first-order valence-corrected chi connectivity index (χ1v) is 5.44. The van der Waals surface area contributed by atoms with Gasteiger partial charge < -0.3 is 5.32 Å². The molecule has 0 aromatic heterocycles. The van der Waals surface area contributed by atoms with Gasteiger partial charge in [-0.05, 0) is 39.3 Å². The number of benzene rings is 1. The van der Waals surface area contributed by atoms with Crippen LogP contribution in [0.4, 0.5) is 0 Å². The topological polar surface area (TPSA) is 29.1 Å². The van der Waals surface area contributed by atoms with E-state index in [1.807, 2.05) is 64.1 Å². The van der Waals surface area contributed by atoms with E-state index in [0.29, 0.717) is 0 Å². The summed E-state index contributed by atoms with van der Waals surface area (Å²) in [6.45, 7) is 7.75. The summed E-state index contributed by atoms with van der Waals surface area (Å²) in [7, 11) is 0. The second-order valence-corrected chi connectivity index (χ2v) is 4.94. The van der Waals surface area contributed by atoms with Crippen LogP contribution in [0.1, 0.15) is 33.3 Å². The van der Waals surface area contributed by atoms with Crippen molar-refractivity contribution < 1.29 is 4.79 Å². The molecule has 2 nitrogen and oxygen atoms in total. The fourth-order valence-electron chi connectivity index (χ4n) is 1.30. The van der Waals surface area contributed by atoms with E-state index in [1.165, 1.54) is 0 Å². The molecular formula is C14H19NO. The van der Waals surface area contributed by atoms with Crippen LogP contribution >= 0.6 is 0 Å². The van der Waals surface area contributed by atoms with E-state index in [0.717, 1.165) is 11.1 Å². The predicted molar refractivity (Wildman–Crippen MR) is 68.0 cm³/mol. The Morgan fingerprint density at radius 3 is 2.25 bits per heavy atom. The highest BCUT2D eigenvalue weighted by Crippen LogP contribution is 2.08. The lowest BCUT2D eigenvalue weighted by Crippen LogP contribution is -2.40. The lowest BCUT2D eigenvalue weighted by molar-refractivity contribution is -0.118. The summed E-state index contributed by atoms with van der Waals surface area (Å²) in [6.07, 6.45) is 1.89. The summed E-state index contributed by atoms with van der Waals surface area (Å²) in [4.78, 5) is 11.8. The first-order valence-electron chi connectivity index (χ1n) is 5.44. The Morgan fingerprint density at radius 2 is 1.75 bits per heavy atom. The molecule has 0 aliphatic rings. The van der Waals surface area contributed by atoms with Gasteiger partial charge in [0, 0.05) is 11.1 Å². The Labute approximate surface area is 97.4 Å². The van der Waals surface area contributed by atoms with Gasteiger partial charge in [0.25, 0.3) is 0 Å². The van der Waals surface area contributed by atoms with Gasteiger partial charge in [-0.2, -0.15) is 0 Å². The second kappa shape index (κ2) is 4.97. The molecule has 0 unspecified atom stereocenters. The quantitative estimate of drug-likeness (QED) is 0.758. The molecule has 0 aliphatic carbocycles. The minimum absolute atomic E-state index is 0.0173. The maximum absolute atomic E-state index is 11.8. The average molecular weight is 217 g/mol. The average Bonchev–Trinajstić information content (AvgIpc) is 2.16. The van der Waals surface area contributed by atoms with Crippen LogP contribution in [0.5, 0.6) is 0 Å². The first-order chi connectivity index (χ1) is 7.38. The van der Waals surface area contributed by atoms with Crippen molar-refractivity contribution in [2.75, 3.05) is 0 Å². The third-order valence-corrected chi connectivity index (χ3v) is 2.03. The Morgan fingerprint density at radius 1 is 1.19 bits per heavy atom. The highest BCUT2D eigenvalue weighted by atomic mass is 16.1. The molecule has 1 aromatic rings. The van der Waals surface area contributed by atoms with Crippen LogP contribution in [0.2, 0.25) is 0 Å². The van der Waals surface area contributed by atoms with E-state index in [4.69, 9.17) is 0 Å². The van der Waals surface area contributed by atoms with Crippen molar-refractivity contribution in [2.45, 2.75) is 33.2 Å². The zero-order valence-corrected chi connectivity index (χ0v) is 10.4. The lowest BCUT2D eigenvalue weighted by atomic mass is 10.1. The lowest BCUT2D eigenvalue weighted by Gasteiger charge is -2.20. The number of hydrogen-bond donors (Lipinski definition) is 1. The predicted octanol–water partition coefficient (Wildman–Crippen LogP) is 3.00. The van der Waals surface area contributed by atoms with Crippen molar-refractivity contribution >= 4 is 12.0 Å². The fourth-order valence-corrected chi connectivity index (χ4v) is 1.30. The van der Waals surface area contributed by atoms with Gasteiger partial charge in [0.15, 0.2) is 0 Å². The van der Waals surface area contributed by atoms with Crippen LogP contribution in [0.15, 0.2) is 35.9 Å². The molecule has 0 fully saturated rings. The number of rotatable bonds is 2. The molecule has 1 N–H and O–H groups in total. The van der Waals surface area contributed by atoms with Crippen molar-refractivity contribution in [1.29, 1.82) is 0 Å². The number of amides is 1. The van der Waals surface area contributed by atoms with E-state index in [9.17, 15) is 4.79 Å². The molecule has 1 amide bonds. The van der Waals surface area contributed by atoms with E-state index in [1.54, 1.807) is 0 Å². The SMILES string of the molecule is C/C(=C\c1ccccc1)C(=O)NC(C)(C)C. The van der Waals surface area contributed by atoms with Gasteiger partial charge in [-0.25, -0.2) is 0 Å². The maximum Gasteiger partial charge on any atom is 0.247 e. The highest BCUT2D eigenvalue weighted by molar-refractivity contribution is 5.97. The monoisotopic (exact) mass is 217 g/mol. The van der Waals surface area contributed by atoms with Crippen LogP contribution in [-0.4, -0.2) is 11.4 Å². The summed E-state index contributed by atoms with van der Waals surface area (Å²) >= 11 is 0. The molecule has 0 aliphatic heterocycles. The molecule has 86 valence electrons. The third-order valence-electron chi connectivity index (χ3n) is 2.03. The number of carbonyl (C=O) groups is 1. The summed E-state index contributed by atoms with van der Waals surface area (Å²) in [5.74, 6) is -0.0173. The molecule has 0 heterocycles. The van der Waals surface area contributed by atoms with E-state index >= 15 is 0 Å². The van der Waals surface area contributed by atoms with Gasteiger partial charge in [-0.1, -0.05) is 30.3 Å². The van der Waals surface area contributed by atoms with Crippen molar-refractivity contribution in [1.82, 2.24) is 5.32 Å². The highest BCUT2D eigenvalue weighted by Gasteiger charge is 2.14. The molecule has 0 saturated carbocycles. The maximum atomic E-state index is 11.8. The fraction of sp³-hybridized carbons (Fsp3) is 0.357. The molecule has 1 rings (SSSR count).